The van der Waals surface area contributed by atoms with Crippen molar-refractivity contribution < 1.29 is 4.74 Å². The summed E-state index contributed by atoms with van der Waals surface area (Å²) < 4.78 is 5.62. The predicted molar refractivity (Wildman–Crippen MR) is 46.4 cm³/mol. The Morgan fingerprint density at radius 3 is 2.73 bits per heavy atom. The smallest absolute Gasteiger partial charge is 0.0601 e. The first kappa shape index (κ1) is 9.01. The van der Waals surface area contributed by atoms with Gasteiger partial charge in [0.05, 0.1) is 12.7 Å². The summed E-state index contributed by atoms with van der Waals surface area (Å²) in [4.78, 5) is 0. The maximum atomic E-state index is 5.62. The quantitative estimate of drug-likeness (QED) is 0.674. The van der Waals surface area contributed by atoms with E-state index in [1.54, 1.807) is 0 Å². The molecule has 0 aliphatic heterocycles. The van der Waals surface area contributed by atoms with E-state index in [4.69, 9.17) is 10.5 Å². The molecule has 2 heteroatoms. The molecule has 0 heterocycles. The largest absolute Gasteiger partial charge is 0.377 e. The summed E-state index contributed by atoms with van der Waals surface area (Å²) in [5, 5.41) is 0. The van der Waals surface area contributed by atoms with Gasteiger partial charge in [-0.1, -0.05) is 19.8 Å². The normalized spacial score (nSPS) is 32.2. The fraction of sp³-hybridized carbons (Fsp3) is 1.00. The van der Waals surface area contributed by atoms with Crippen molar-refractivity contribution in [2.75, 3.05) is 13.2 Å². The number of ether oxygens (including phenoxy) is 1. The van der Waals surface area contributed by atoms with Gasteiger partial charge in [0.15, 0.2) is 0 Å². The van der Waals surface area contributed by atoms with Gasteiger partial charge in [0.2, 0.25) is 0 Å². The molecule has 0 bridgehead atoms. The molecule has 1 rings (SSSR count). The second kappa shape index (κ2) is 4.73. The fourth-order valence-corrected chi connectivity index (χ4v) is 1.75. The summed E-state index contributed by atoms with van der Waals surface area (Å²) in [6, 6.07) is 0. The van der Waals surface area contributed by atoms with Crippen LogP contribution in [0.1, 0.15) is 32.6 Å². The van der Waals surface area contributed by atoms with Gasteiger partial charge in [-0.2, -0.15) is 0 Å². The van der Waals surface area contributed by atoms with Crippen LogP contribution in [0, 0.1) is 5.92 Å². The highest BCUT2D eigenvalue weighted by atomic mass is 16.5. The summed E-state index contributed by atoms with van der Waals surface area (Å²) in [5.74, 6) is 0.746. The van der Waals surface area contributed by atoms with Gasteiger partial charge in [-0.15, -0.1) is 0 Å². The van der Waals surface area contributed by atoms with E-state index in [0.717, 1.165) is 12.5 Å². The van der Waals surface area contributed by atoms with Gasteiger partial charge >= 0.3 is 0 Å². The molecule has 0 amide bonds. The Morgan fingerprint density at radius 1 is 1.36 bits per heavy atom. The van der Waals surface area contributed by atoms with Crippen LogP contribution in [0.4, 0.5) is 0 Å². The van der Waals surface area contributed by atoms with Gasteiger partial charge in [0.25, 0.3) is 0 Å². The highest BCUT2D eigenvalue weighted by Gasteiger charge is 2.20. The molecule has 0 aromatic heterocycles. The average molecular weight is 157 g/mol. The molecule has 11 heavy (non-hydrogen) atoms. The maximum absolute atomic E-state index is 5.62. The van der Waals surface area contributed by atoms with Crippen molar-refractivity contribution in [2.45, 2.75) is 38.7 Å². The Bertz CT molecular complexity index is 106. The van der Waals surface area contributed by atoms with Crippen molar-refractivity contribution >= 4 is 0 Å². The van der Waals surface area contributed by atoms with Gasteiger partial charge in [0, 0.05) is 6.54 Å². The molecule has 66 valence electrons. The zero-order valence-corrected chi connectivity index (χ0v) is 7.38. The third-order valence-electron chi connectivity index (χ3n) is 2.48. The van der Waals surface area contributed by atoms with Gasteiger partial charge < -0.3 is 10.5 Å². The minimum Gasteiger partial charge on any atom is -0.377 e. The third kappa shape index (κ3) is 2.80. The lowest BCUT2D eigenvalue weighted by atomic mass is 9.88. The first-order chi connectivity index (χ1) is 5.34. The van der Waals surface area contributed by atoms with Crippen molar-refractivity contribution in [3.8, 4) is 0 Å². The zero-order valence-electron chi connectivity index (χ0n) is 7.38. The number of hydrogen-bond donors (Lipinski definition) is 1. The minimum atomic E-state index is 0.493. The summed E-state index contributed by atoms with van der Waals surface area (Å²) in [6.07, 6.45) is 5.77. The van der Waals surface area contributed by atoms with Gasteiger partial charge in [-0.05, 0) is 18.8 Å². The minimum absolute atomic E-state index is 0.493. The highest BCUT2D eigenvalue weighted by molar-refractivity contribution is 4.72. The van der Waals surface area contributed by atoms with Crippen LogP contribution in [-0.2, 0) is 4.74 Å². The SMILES string of the molecule is CC1CCCCC1OCCN. The Morgan fingerprint density at radius 2 is 2.09 bits per heavy atom. The lowest BCUT2D eigenvalue weighted by molar-refractivity contribution is -0.000781. The monoisotopic (exact) mass is 157 g/mol. The maximum Gasteiger partial charge on any atom is 0.0601 e. The van der Waals surface area contributed by atoms with E-state index in [1.165, 1.54) is 25.7 Å². The van der Waals surface area contributed by atoms with Gasteiger partial charge in [0.1, 0.15) is 0 Å². The molecule has 0 aromatic carbocycles. The van der Waals surface area contributed by atoms with Crippen LogP contribution in [0.2, 0.25) is 0 Å². The first-order valence-corrected chi connectivity index (χ1v) is 4.66. The van der Waals surface area contributed by atoms with Crippen molar-refractivity contribution in [3.63, 3.8) is 0 Å². The molecule has 1 saturated carbocycles. The average Bonchev–Trinajstić information content (AvgIpc) is 2.03. The van der Waals surface area contributed by atoms with Crippen LogP contribution < -0.4 is 5.73 Å². The number of rotatable bonds is 3. The summed E-state index contributed by atoms with van der Waals surface area (Å²) in [6.45, 7) is 3.67. The van der Waals surface area contributed by atoms with E-state index in [-0.39, 0.29) is 0 Å². The number of hydrogen-bond acceptors (Lipinski definition) is 2. The van der Waals surface area contributed by atoms with E-state index in [9.17, 15) is 0 Å². The highest BCUT2D eigenvalue weighted by Crippen LogP contribution is 2.25. The van der Waals surface area contributed by atoms with Gasteiger partial charge in [-0.25, -0.2) is 0 Å². The molecule has 0 saturated heterocycles. The van der Waals surface area contributed by atoms with Crippen LogP contribution in [0.15, 0.2) is 0 Å². The molecule has 0 spiro atoms. The standard InChI is InChI=1S/C9H19NO/c1-8-4-2-3-5-9(8)11-7-6-10/h8-9H,2-7,10H2,1H3. The Kier molecular flexibility index (Phi) is 3.87. The predicted octanol–water partition coefficient (Wildman–Crippen LogP) is 1.54. The first-order valence-electron chi connectivity index (χ1n) is 4.66. The molecule has 0 aromatic rings. The van der Waals surface area contributed by atoms with Crippen LogP contribution in [0.3, 0.4) is 0 Å². The second-order valence-corrected chi connectivity index (χ2v) is 3.46. The molecule has 1 aliphatic carbocycles. The van der Waals surface area contributed by atoms with Crippen molar-refractivity contribution in [1.29, 1.82) is 0 Å². The van der Waals surface area contributed by atoms with Crippen LogP contribution in [0.5, 0.6) is 0 Å². The number of nitrogens with two attached hydrogens (primary N) is 1. The van der Waals surface area contributed by atoms with E-state index < -0.39 is 0 Å². The van der Waals surface area contributed by atoms with Crippen molar-refractivity contribution in [3.05, 3.63) is 0 Å². The zero-order chi connectivity index (χ0) is 8.10. The second-order valence-electron chi connectivity index (χ2n) is 3.46. The molecule has 2 atom stereocenters. The van der Waals surface area contributed by atoms with Crippen LogP contribution >= 0.6 is 0 Å². The molecule has 2 nitrogen and oxygen atoms in total. The molecule has 2 N–H and O–H groups in total. The Hall–Kier alpha value is -0.0800. The fourth-order valence-electron chi connectivity index (χ4n) is 1.75. The Balaban J connectivity index is 2.18. The summed E-state index contributed by atoms with van der Waals surface area (Å²) >= 11 is 0. The molecule has 1 aliphatic rings. The lowest BCUT2D eigenvalue weighted by Crippen LogP contribution is -2.27. The molecule has 2 unspecified atom stereocenters. The molecular formula is C9H19NO. The van der Waals surface area contributed by atoms with Crippen molar-refractivity contribution in [1.82, 2.24) is 0 Å². The van der Waals surface area contributed by atoms with Crippen LogP contribution in [0.25, 0.3) is 0 Å². The van der Waals surface area contributed by atoms with E-state index in [1.807, 2.05) is 0 Å². The van der Waals surface area contributed by atoms with E-state index in [2.05, 4.69) is 6.92 Å². The third-order valence-corrected chi connectivity index (χ3v) is 2.48. The van der Waals surface area contributed by atoms with Crippen LogP contribution in [-0.4, -0.2) is 19.3 Å². The lowest BCUT2D eigenvalue weighted by Gasteiger charge is -2.28. The summed E-state index contributed by atoms with van der Waals surface area (Å²) in [7, 11) is 0. The topological polar surface area (TPSA) is 35.2 Å². The summed E-state index contributed by atoms with van der Waals surface area (Å²) in [5.41, 5.74) is 5.37. The molecular weight excluding hydrogens is 138 g/mol. The van der Waals surface area contributed by atoms with E-state index >= 15 is 0 Å². The Labute approximate surface area is 69.1 Å². The van der Waals surface area contributed by atoms with Crippen molar-refractivity contribution in [2.24, 2.45) is 11.7 Å². The van der Waals surface area contributed by atoms with Gasteiger partial charge in [-0.3, -0.25) is 0 Å². The van der Waals surface area contributed by atoms with E-state index in [0.29, 0.717) is 12.6 Å². The molecule has 0 radical (unpaired) electrons. The molecule has 1 fully saturated rings.